The first-order valence-electron chi connectivity index (χ1n) is 8.62. The lowest BCUT2D eigenvalue weighted by Gasteiger charge is -2.03. The summed E-state index contributed by atoms with van der Waals surface area (Å²) in [6, 6.07) is 0. The molecule has 1 unspecified atom stereocenters. The average molecular weight is 324 g/mol. The van der Waals surface area contributed by atoms with Crippen molar-refractivity contribution in [3.05, 3.63) is 36.5 Å². The van der Waals surface area contributed by atoms with Crippen LogP contribution in [0.4, 0.5) is 0 Å². The number of allylic oxidation sites excluding steroid dienone is 4. The van der Waals surface area contributed by atoms with Crippen LogP contribution in [0.3, 0.4) is 0 Å². The molecule has 0 amide bonds. The van der Waals surface area contributed by atoms with Gasteiger partial charge in [0.15, 0.2) is 0 Å². The third-order valence-electron chi connectivity index (χ3n) is 3.28. The van der Waals surface area contributed by atoms with Gasteiger partial charge in [-0.15, -0.1) is 0 Å². The molecule has 0 saturated carbocycles. The fourth-order valence-electron chi connectivity index (χ4n) is 1.99. The van der Waals surface area contributed by atoms with Crippen molar-refractivity contribution in [1.29, 1.82) is 0 Å². The Bertz CT molecular complexity index is 358. The summed E-state index contributed by atoms with van der Waals surface area (Å²) in [7, 11) is 0. The van der Waals surface area contributed by atoms with E-state index in [9.17, 15) is 9.90 Å². The standard InChI is InChI=1S/C19H32O4/c1-2-3-11-14-18(20)15-12-9-7-5-4-6-8-10-13-16-23-17-19(21)22/h7,9-10,12-13,15,18,20H,2-6,8,11,14,16-17H2,1H3,(H,21,22). The van der Waals surface area contributed by atoms with E-state index in [0.717, 1.165) is 38.5 Å². The van der Waals surface area contributed by atoms with Gasteiger partial charge in [0.05, 0.1) is 12.7 Å². The third kappa shape index (κ3) is 18.6. The zero-order valence-corrected chi connectivity index (χ0v) is 14.3. The Hall–Kier alpha value is -1.39. The van der Waals surface area contributed by atoms with E-state index >= 15 is 0 Å². The zero-order chi connectivity index (χ0) is 17.2. The fourth-order valence-corrected chi connectivity index (χ4v) is 1.99. The van der Waals surface area contributed by atoms with Gasteiger partial charge in [0.2, 0.25) is 0 Å². The molecule has 0 aliphatic carbocycles. The fraction of sp³-hybridized carbons (Fsp3) is 0.632. The Morgan fingerprint density at radius 1 is 1.04 bits per heavy atom. The van der Waals surface area contributed by atoms with Crippen LogP contribution in [0.2, 0.25) is 0 Å². The van der Waals surface area contributed by atoms with Crippen LogP contribution < -0.4 is 0 Å². The molecule has 4 heteroatoms. The van der Waals surface area contributed by atoms with Crippen molar-refractivity contribution in [2.24, 2.45) is 0 Å². The second kappa shape index (κ2) is 17.0. The maximum absolute atomic E-state index is 10.2. The summed E-state index contributed by atoms with van der Waals surface area (Å²) < 4.78 is 4.89. The minimum atomic E-state index is -0.937. The molecular weight excluding hydrogens is 292 g/mol. The maximum Gasteiger partial charge on any atom is 0.329 e. The molecule has 0 aromatic carbocycles. The monoisotopic (exact) mass is 324 g/mol. The van der Waals surface area contributed by atoms with Gasteiger partial charge < -0.3 is 14.9 Å². The van der Waals surface area contributed by atoms with E-state index in [-0.39, 0.29) is 12.7 Å². The Morgan fingerprint density at radius 2 is 1.78 bits per heavy atom. The number of carboxylic acid groups (broad SMARTS) is 1. The van der Waals surface area contributed by atoms with E-state index in [1.807, 2.05) is 30.4 Å². The quantitative estimate of drug-likeness (QED) is 0.268. The summed E-state index contributed by atoms with van der Waals surface area (Å²) >= 11 is 0. The van der Waals surface area contributed by atoms with Crippen molar-refractivity contribution in [2.45, 2.75) is 64.4 Å². The van der Waals surface area contributed by atoms with Gasteiger partial charge in [-0.2, -0.15) is 0 Å². The lowest BCUT2D eigenvalue weighted by Crippen LogP contribution is -2.06. The van der Waals surface area contributed by atoms with Crippen molar-refractivity contribution in [1.82, 2.24) is 0 Å². The number of rotatable bonds is 15. The molecule has 0 bridgehead atoms. The zero-order valence-electron chi connectivity index (χ0n) is 14.3. The Kier molecular flexibility index (Phi) is 15.9. The van der Waals surface area contributed by atoms with Crippen LogP contribution in [0, 0.1) is 0 Å². The number of carbonyl (C=O) groups is 1. The number of aliphatic hydroxyl groups excluding tert-OH is 1. The molecule has 0 rings (SSSR count). The van der Waals surface area contributed by atoms with E-state index in [0.29, 0.717) is 6.61 Å². The smallest absolute Gasteiger partial charge is 0.329 e. The second-order valence-corrected chi connectivity index (χ2v) is 5.54. The van der Waals surface area contributed by atoms with Crippen LogP contribution in [0.1, 0.15) is 58.3 Å². The predicted molar refractivity (Wildman–Crippen MR) is 94.5 cm³/mol. The summed E-state index contributed by atoms with van der Waals surface area (Å²) in [5.74, 6) is -0.937. The molecule has 0 saturated heterocycles. The number of hydrogen-bond acceptors (Lipinski definition) is 3. The van der Waals surface area contributed by atoms with Crippen molar-refractivity contribution in [2.75, 3.05) is 13.2 Å². The number of hydrogen-bond donors (Lipinski definition) is 2. The van der Waals surface area contributed by atoms with E-state index in [1.165, 1.54) is 12.8 Å². The van der Waals surface area contributed by atoms with Gasteiger partial charge in [0.1, 0.15) is 6.61 Å². The summed E-state index contributed by atoms with van der Waals surface area (Å²) in [5.41, 5.74) is 0. The molecule has 1 atom stereocenters. The molecule has 0 aromatic rings. The molecule has 0 aromatic heterocycles. The second-order valence-electron chi connectivity index (χ2n) is 5.54. The van der Waals surface area contributed by atoms with Gasteiger partial charge in [0.25, 0.3) is 0 Å². The number of carboxylic acids is 1. The van der Waals surface area contributed by atoms with Gasteiger partial charge in [-0.1, -0.05) is 62.6 Å². The molecule has 4 nitrogen and oxygen atoms in total. The number of aliphatic carboxylic acids is 1. The highest BCUT2D eigenvalue weighted by Crippen LogP contribution is 2.05. The molecule has 0 aliphatic heterocycles. The van der Waals surface area contributed by atoms with Crippen LogP contribution in [0.15, 0.2) is 36.5 Å². The highest BCUT2D eigenvalue weighted by molar-refractivity contribution is 5.67. The maximum atomic E-state index is 10.2. The van der Waals surface area contributed by atoms with Crippen molar-refractivity contribution < 1.29 is 19.7 Å². The van der Waals surface area contributed by atoms with Gasteiger partial charge in [-0.25, -0.2) is 4.79 Å². The van der Waals surface area contributed by atoms with Crippen molar-refractivity contribution >= 4 is 5.97 Å². The summed E-state index contributed by atoms with van der Waals surface area (Å²) in [4.78, 5) is 10.2. The first-order chi connectivity index (χ1) is 11.2. The number of unbranched alkanes of at least 4 members (excludes halogenated alkanes) is 5. The lowest BCUT2D eigenvalue weighted by atomic mass is 10.1. The Labute approximate surface area is 140 Å². The van der Waals surface area contributed by atoms with Gasteiger partial charge in [0, 0.05) is 0 Å². The lowest BCUT2D eigenvalue weighted by molar-refractivity contribution is -0.141. The molecule has 0 radical (unpaired) electrons. The predicted octanol–water partition coefficient (Wildman–Crippen LogP) is 4.26. The number of ether oxygens (including phenoxy) is 1. The van der Waals surface area contributed by atoms with Crippen LogP contribution >= 0.6 is 0 Å². The van der Waals surface area contributed by atoms with Gasteiger partial charge in [-0.05, 0) is 32.1 Å². The van der Waals surface area contributed by atoms with Crippen LogP contribution in [-0.2, 0) is 9.53 Å². The molecule has 0 aliphatic rings. The van der Waals surface area contributed by atoms with E-state index in [1.54, 1.807) is 0 Å². The summed E-state index contributed by atoms with van der Waals surface area (Å²) in [6.07, 6.45) is 20.0. The molecule has 0 fully saturated rings. The molecule has 0 spiro atoms. The number of aliphatic hydroxyl groups is 1. The minimum absolute atomic E-state index is 0.240. The highest BCUT2D eigenvalue weighted by atomic mass is 16.5. The van der Waals surface area contributed by atoms with Crippen molar-refractivity contribution in [3.8, 4) is 0 Å². The largest absolute Gasteiger partial charge is 0.480 e. The van der Waals surface area contributed by atoms with Crippen molar-refractivity contribution in [3.63, 3.8) is 0 Å². The van der Waals surface area contributed by atoms with E-state index in [4.69, 9.17) is 9.84 Å². The third-order valence-corrected chi connectivity index (χ3v) is 3.28. The summed E-state index contributed by atoms with van der Waals surface area (Å²) in [6.45, 7) is 2.28. The first-order valence-corrected chi connectivity index (χ1v) is 8.62. The van der Waals surface area contributed by atoms with Crippen LogP contribution in [0.5, 0.6) is 0 Å². The van der Waals surface area contributed by atoms with Gasteiger partial charge >= 0.3 is 5.97 Å². The van der Waals surface area contributed by atoms with E-state index in [2.05, 4.69) is 13.0 Å². The van der Waals surface area contributed by atoms with Crippen LogP contribution in [0.25, 0.3) is 0 Å². The SMILES string of the molecule is CCCCCC(O)C=CC=CCCCCC=CCOCC(=O)O. The van der Waals surface area contributed by atoms with Crippen LogP contribution in [-0.4, -0.2) is 35.5 Å². The molecule has 0 heterocycles. The topological polar surface area (TPSA) is 66.8 Å². The highest BCUT2D eigenvalue weighted by Gasteiger charge is 1.96. The Morgan fingerprint density at radius 3 is 2.48 bits per heavy atom. The minimum Gasteiger partial charge on any atom is -0.480 e. The van der Waals surface area contributed by atoms with Gasteiger partial charge in [-0.3, -0.25) is 0 Å². The molecule has 23 heavy (non-hydrogen) atoms. The Balaban J connectivity index is 3.43. The first kappa shape index (κ1) is 21.6. The molecule has 132 valence electrons. The molecular formula is C19H32O4. The molecule has 2 N–H and O–H groups in total. The normalized spacial score (nSPS) is 13.5. The van der Waals surface area contributed by atoms with E-state index < -0.39 is 5.97 Å². The summed E-state index contributed by atoms with van der Waals surface area (Å²) in [5, 5.41) is 18.1. The average Bonchev–Trinajstić information content (AvgIpc) is 2.51.